The quantitative estimate of drug-likeness (QED) is 0.349. The van der Waals surface area contributed by atoms with Gasteiger partial charge in [-0.3, -0.25) is 0 Å². The van der Waals surface area contributed by atoms with E-state index in [2.05, 4.69) is 13.8 Å². The number of hydrogen-bond acceptors (Lipinski definition) is 8. The van der Waals surface area contributed by atoms with E-state index < -0.39 is 29.3 Å². The van der Waals surface area contributed by atoms with Crippen LogP contribution in [0.3, 0.4) is 0 Å². The van der Waals surface area contributed by atoms with Gasteiger partial charge in [-0.2, -0.15) is 0 Å². The van der Waals surface area contributed by atoms with E-state index in [9.17, 15) is 19.8 Å². The fraction of sp³-hybridized carbons (Fsp3) is 0.840. The maximum Gasteiger partial charge on any atom is 0.511 e. The van der Waals surface area contributed by atoms with Crippen LogP contribution in [-0.2, 0) is 18.9 Å². The first-order chi connectivity index (χ1) is 15.5. The fourth-order valence-electron chi connectivity index (χ4n) is 7.49. The van der Waals surface area contributed by atoms with Crippen LogP contribution in [-0.4, -0.2) is 47.3 Å². The average molecular weight is 467 g/mol. The van der Waals surface area contributed by atoms with Gasteiger partial charge in [0.25, 0.3) is 0 Å². The van der Waals surface area contributed by atoms with E-state index in [1.165, 1.54) is 0 Å². The normalized spacial score (nSPS) is 43.9. The largest absolute Gasteiger partial charge is 0.511 e. The Bertz CT molecular complexity index is 825. The Morgan fingerprint density at radius 2 is 1.55 bits per heavy atom. The minimum absolute atomic E-state index is 0.1000. The van der Waals surface area contributed by atoms with Gasteiger partial charge in [0.1, 0.15) is 0 Å². The van der Waals surface area contributed by atoms with E-state index in [0.29, 0.717) is 31.1 Å². The Morgan fingerprint density at radius 1 is 0.909 bits per heavy atom. The molecule has 0 saturated heterocycles. The number of hydrogen-bond donors (Lipinski definition) is 2. The maximum absolute atomic E-state index is 12.0. The molecule has 1 unspecified atom stereocenters. The molecule has 0 aromatic heterocycles. The molecule has 186 valence electrons. The molecule has 0 aromatic carbocycles. The monoisotopic (exact) mass is 466 g/mol. The predicted octanol–water partition coefficient (Wildman–Crippen LogP) is 4.67. The van der Waals surface area contributed by atoms with Crippen LogP contribution in [0.5, 0.6) is 0 Å². The molecular weight excluding hydrogens is 428 g/mol. The Labute approximate surface area is 195 Å². The van der Waals surface area contributed by atoms with Crippen molar-refractivity contribution in [2.75, 3.05) is 13.2 Å². The molecule has 0 amide bonds. The Morgan fingerprint density at radius 3 is 2.21 bits per heavy atom. The molecule has 4 aliphatic rings. The highest BCUT2D eigenvalue weighted by molar-refractivity contribution is 5.61. The number of ether oxygens (including phenoxy) is 4. The summed E-state index contributed by atoms with van der Waals surface area (Å²) in [6.45, 7) is 8.13. The van der Waals surface area contributed by atoms with Crippen molar-refractivity contribution in [1.82, 2.24) is 0 Å². The van der Waals surface area contributed by atoms with Crippen LogP contribution < -0.4 is 0 Å². The summed E-state index contributed by atoms with van der Waals surface area (Å²) in [4.78, 5) is 23.9. The summed E-state index contributed by atoms with van der Waals surface area (Å²) in [7, 11) is 0. The van der Waals surface area contributed by atoms with Gasteiger partial charge in [0.15, 0.2) is 0 Å². The highest BCUT2D eigenvalue weighted by Crippen LogP contribution is 2.68. The lowest BCUT2D eigenvalue weighted by molar-refractivity contribution is -0.254. The zero-order chi connectivity index (χ0) is 24.1. The van der Waals surface area contributed by atoms with E-state index in [0.717, 1.165) is 37.7 Å². The molecule has 4 aliphatic carbocycles. The first-order valence-electron chi connectivity index (χ1n) is 12.4. The number of aliphatic hydroxyl groups is 2. The van der Waals surface area contributed by atoms with Crippen LogP contribution in [0.25, 0.3) is 0 Å². The van der Waals surface area contributed by atoms with Crippen molar-refractivity contribution in [2.45, 2.75) is 90.6 Å². The van der Waals surface area contributed by atoms with Crippen LogP contribution >= 0.6 is 0 Å². The summed E-state index contributed by atoms with van der Waals surface area (Å²) >= 11 is 0. The van der Waals surface area contributed by atoms with Gasteiger partial charge in [0, 0.05) is 18.3 Å². The minimum Gasteiger partial charge on any atom is -0.435 e. The van der Waals surface area contributed by atoms with Crippen molar-refractivity contribution < 1.29 is 38.7 Å². The van der Waals surface area contributed by atoms with Gasteiger partial charge < -0.3 is 29.2 Å². The van der Waals surface area contributed by atoms with Gasteiger partial charge in [-0.05, 0) is 81.6 Å². The smallest absolute Gasteiger partial charge is 0.435 e. The molecule has 8 nitrogen and oxygen atoms in total. The molecular formula is C25H38O8. The van der Waals surface area contributed by atoms with Gasteiger partial charge in [-0.1, -0.05) is 19.4 Å². The zero-order valence-corrected chi connectivity index (χ0v) is 20.2. The molecule has 4 rings (SSSR count). The zero-order valence-electron chi connectivity index (χ0n) is 20.2. The Hall–Kier alpha value is -1.80. The molecule has 0 radical (unpaired) electrons. The second kappa shape index (κ2) is 8.45. The van der Waals surface area contributed by atoms with E-state index >= 15 is 0 Å². The van der Waals surface area contributed by atoms with E-state index in [1.54, 1.807) is 19.9 Å². The lowest BCUT2D eigenvalue weighted by Gasteiger charge is -2.59. The van der Waals surface area contributed by atoms with Crippen LogP contribution in [0, 0.1) is 28.6 Å². The highest BCUT2D eigenvalue weighted by atomic mass is 16.8. The molecule has 3 fully saturated rings. The van der Waals surface area contributed by atoms with Crippen molar-refractivity contribution in [3.8, 4) is 0 Å². The molecule has 0 aliphatic heterocycles. The Balaban J connectivity index is 1.54. The number of allylic oxidation sites excluding steroid dienone is 1. The third-order valence-corrected chi connectivity index (χ3v) is 9.25. The SMILES string of the molecule is CCOC(=O)OC1(O)C=C2CC[C@@H]3[C@H](CC[C@@]4(C)[C@H]3CC[C@]4(O)OC(=O)OCC)[C@@]2(C)CC1. The van der Waals surface area contributed by atoms with E-state index in [1.807, 2.05) is 0 Å². The fourth-order valence-corrected chi connectivity index (χ4v) is 7.49. The van der Waals surface area contributed by atoms with E-state index in [4.69, 9.17) is 18.9 Å². The lowest BCUT2D eigenvalue weighted by Crippen LogP contribution is -2.56. The third-order valence-electron chi connectivity index (χ3n) is 9.25. The summed E-state index contributed by atoms with van der Waals surface area (Å²) in [5, 5.41) is 22.3. The highest BCUT2D eigenvalue weighted by Gasteiger charge is 2.66. The van der Waals surface area contributed by atoms with Gasteiger partial charge in [-0.15, -0.1) is 0 Å². The van der Waals surface area contributed by atoms with Crippen molar-refractivity contribution in [2.24, 2.45) is 28.6 Å². The molecule has 0 spiro atoms. The maximum atomic E-state index is 12.0. The van der Waals surface area contributed by atoms with Crippen LogP contribution in [0.15, 0.2) is 11.6 Å². The number of carbonyl (C=O) groups is 2. The molecule has 0 heterocycles. The second-order valence-corrected chi connectivity index (χ2v) is 10.7. The van der Waals surface area contributed by atoms with Crippen molar-refractivity contribution in [3.63, 3.8) is 0 Å². The van der Waals surface area contributed by atoms with Gasteiger partial charge >= 0.3 is 12.3 Å². The van der Waals surface area contributed by atoms with E-state index in [-0.39, 0.29) is 24.5 Å². The standard InChI is InChI=1S/C25H38O8/c1-5-30-20(26)32-24(28)14-13-22(3)16(15-24)7-8-17-18(22)9-11-23(4)19(17)10-12-25(23,29)33-21(27)31-6-2/h15,17-19,28-29H,5-14H2,1-4H3/t17-,18+,19+,22+,23+,24?,25+/m1/s1. The molecule has 33 heavy (non-hydrogen) atoms. The molecule has 3 saturated carbocycles. The topological polar surface area (TPSA) is 112 Å². The van der Waals surface area contributed by atoms with Crippen molar-refractivity contribution >= 4 is 12.3 Å². The predicted molar refractivity (Wildman–Crippen MR) is 118 cm³/mol. The molecule has 0 aromatic rings. The van der Waals surface area contributed by atoms with Crippen LogP contribution in [0.1, 0.15) is 79.1 Å². The van der Waals surface area contributed by atoms with Crippen molar-refractivity contribution in [1.29, 1.82) is 0 Å². The Kier molecular flexibility index (Phi) is 6.23. The number of rotatable bonds is 4. The minimum atomic E-state index is -1.63. The summed E-state index contributed by atoms with van der Waals surface area (Å²) in [5.41, 5.74) is 0.527. The summed E-state index contributed by atoms with van der Waals surface area (Å²) in [5.74, 6) is -2.11. The summed E-state index contributed by atoms with van der Waals surface area (Å²) in [6.07, 6.45) is 5.72. The second-order valence-electron chi connectivity index (χ2n) is 10.7. The third kappa shape index (κ3) is 3.93. The number of fused-ring (bicyclic) bond motifs is 5. The molecule has 7 atom stereocenters. The van der Waals surface area contributed by atoms with Gasteiger partial charge in [0.2, 0.25) is 11.6 Å². The van der Waals surface area contributed by atoms with Crippen molar-refractivity contribution in [3.05, 3.63) is 11.6 Å². The molecule has 8 heteroatoms. The lowest BCUT2D eigenvalue weighted by atomic mass is 9.47. The molecule has 0 bridgehead atoms. The summed E-state index contributed by atoms with van der Waals surface area (Å²) in [6, 6.07) is 0. The van der Waals surface area contributed by atoms with Crippen LogP contribution in [0.4, 0.5) is 9.59 Å². The van der Waals surface area contributed by atoms with Crippen LogP contribution in [0.2, 0.25) is 0 Å². The summed E-state index contributed by atoms with van der Waals surface area (Å²) < 4.78 is 20.6. The average Bonchev–Trinajstić information content (AvgIpc) is 2.99. The van der Waals surface area contributed by atoms with Gasteiger partial charge in [-0.25, -0.2) is 9.59 Å². The first kappa shape index (κ1) is 24.3. The number of carbonyl (C=O) groups excluding carboxylic acids is 2. The first-order valence-corrected chi connectivity index (χ1v) is 12.4. The van der Waals surface area contributed by atoms with Gasteiger partial charge in [0.05, 0.1) is 13.2 Å². The molecule has 2 N–H and O–H groups in total.